The quantitative estimate of drug-likeness (QED) is 0.635. The Morgan fingerprint density at radius 1 is 1.56 bits per heavy atom. The molecule has 0 aromatic carbocycles. The topological polar surface area (TPSA) is 66.0 Å². The van der Waals surface area contributed by atoms with Crippen molar-refractivity contribution in [2.45, 2.75) is 33.6 Å². The molecule has 1 atom stereocenters. The molecule has 0 radical (unpaired) electrons. The van der Waals surface area contributed by atoms with E-state index in [2.05, 4.69) is 16.8 Å². The number of nitrogens with zero attached hydrogens (tertiary/aromatic N) is 2. The van der Waals surface area contributed by atoms with Crippen LogP contribution in [0.2, 0.25) is 0 Å². The minimum Gasteiger partial charge on any atom is -0.384 e. The van der Waals surface area contributed by atoms with E-state index in [0.29, 0.717) is 0 Å². The van der Waals surface area contributed by atoms with Gasteiger partial charge in [-0.2, -0.15) is 0 Å². The zero-order valence-electron chi connectivity index (χ0n) is 11.5. The molecular weight excluding hydrogens is 224 g/mol. The first-order valence-corrected chi connectivity index (χ1v) is 6.60. The molecule has 18 heavy (non-hydrogen) atoms. The number of hydrogen-bond acceptors (Lipinski definition) is 3. The average molecular weight is 246 g/mol. The molecule has 0 aliphatic carbocycles. The van der Waals surface area contributed by atoms with Crippen LogP contribution in [0.3, 0.4) is 0 Å². The predicted molar refractivity (Wildman–Crippen MR) is 75.3 cm³/mol. The molecule has 3 N–H and O–H groups in total. The van der Waals surface area contributed by atoms with Gasteiger partial charge in [-0.25, -0.2) is 4.98 Å². The van der Waals surface area contributed by atoms with Crippen LogP contribution in [0.4, 0.5) is 5.82 Å². The number of anilines is 1. The molecule has 4 heteroatoms. The highest BCUT2D eigenvalue weighted by Gasteiger charge is 2.25. The minimum absolute atomic E-state index is 0.120. The van der Waals surface area contributed by atoms with E-state index in [1.165, 1.54) is 12.8 Å². The van der Waals surface area contributed by atoms with Crippen LogP contribution >= 0.6 is 0 Å². The first kappa shape index (κ1) is 12.9. The van der Waals surface area contributed by atoms with Crippen molar-refractivity contribution in [1.82, 2.24) is 4.98 Å². The first-order valence-electron chi connectivity index (χ1n) is 6.60. The van der Waals surface area contributed by atoms with Gasteiger partial charge in [0.15, 0.2) is 0 Å². The number of pyridine rings is 1. The van der Waals surface area contributed by atoms with Gasteiger partial charge >= 0.3 is 0 Å². The molecule has 4 nitrogen and oxygen atoms in total. The number of nitrogens with two attached hydrogens (primary N) is 1. The van der Waals surface area contributed by atoms with Crippen LogP contribution in [0.5, 0.6) is 0 Å². The van der Waals surface area contributed by atoms with E-state index in [4.69, 9.17) is 11.1 Å². The highest BCUT2D eigenvalue weighted by molar-refractivity contribution is 6.01. The Kier molecular flexibility index (Phi) is 3.55. The van der Waals surface area contributed by atoms with Gasteiger partial charge in [0.1, 0.15) is 11.7 Å². The van der Waals surface area contributed by atoms with E-state index in [-0.39, 0.29) is 5.84 Å². The fraction of sp³-hybridized carbons (Fsp3) is 0.571. The van der Waals surface area contributed by atoms with Crippen molar-refractivity contribution in [3.63, 3.8) is 0 Å². The summed E-state index contributed by atoms with van der Waals surface area (Å²) in [6.45, 7) is 8.28. The lowest BCUT2D eigenvalue weighted by Gasteiger charge is -2.22. The highest BCUT2D eigenvalue weighted by Crippen LogP contribution is 2.28. The van der Waals surface area contributed by atoms with Crippen molar-refractivity contribution in [2.75, 3.05) is 18.0 Å². The summed E-state index contributed by atoms with van der Waals surface area (Å²) < 4.78 is 0. The molecule has 2 rings (SSSR count). The Labute approximate surface area is 109 Å². The largest absolute Gasteiger partial charge is 0.384 e. The summed E-state index contributed by atoms with van der Waals surface area (Å²) >= 11 is 0. The first-order chi connectivity index (χ1) is 8.52. The lowest BCUT2D eigenvalue weighted by Crippen LogP contribution is -2.26. The van der Waals surface area contributed by atoms with Gasteiger partial charge in [0, 0.05) is 18.8 Å². The molecule has 0 spiro atoms. The smallest absolute Gasteiger partial charge is 0.140 e. The summed E-state index contributed by atoms with van der Waals surface area (Å²) in [5.74, 6) is 1.76. The standard InChI is InChI=1S/C14H22N4/c1-4-11-5-6-18(8-11)14-12(13(15)16)9(2)7-10(3)17-14/h7,11H,4-6,8H2,1-3H3,(H3,15,16). The van der Waals surface area contributed by atoms with Crippen LogP contribution in [-0.4, -0.2) is 23.9 Å². The lowest BCUT2D eigenvalue weighted by atomic mass is 10.1. The van der Waals surface area contributed by atoms with Crippen molar-refractivity contribution >= 4 is 11.7 Å². The van der Waals surface area contributed by atoms with Gasteiger partial charge in [-0.05, 0) is 37.8 Å². The van der Waals surface area contributed by atoms with Crippen LogP contribution in [0.25, 0.3) is 0 Å². The maximum Gasteiger partial charge on any atom is 0.140 e. The lowest BCUT2D eigenvalue weighted by molar-refractivity contribution is 0.568. The molecule has 1 unspecified atom stereocenters. The summed E-state index contributed by atoms with van der Waals surface area (Å²) in [6, 6.07) is 1.99. The van der Waals surface area contributed by atoms with E-state index in [0.717, 1.165) is 41.6 Å². The molecule has 2 heterocycles. The van der Waals surface area contributed by atoms with E-state index >= 15 is 0 Å². The zero-order valence-corrected chi connectivity index (χ0v) is 11.5. The number of amidine groups is 1. The van der Waals surface area contributed by atoms with Gasteiger partial charge in [-0.1, -0.05) is 13.3 Å². The monoisotopic (exact) mass is 246 g/mol. The van der Waals surface area contributed by atoms with Crippen LogP contribution in [-0.2, 0) is 0 Å². The molecule has 1 aromatic rings. The van der Waals surface area contributed by atoms with Gasteiger partial charge in [-0.15, -0.1) is 0 Å². The van der Waals surface area contributed by atoms with E-state index in [9.17, 15) is 0 Å². The Morgan fingerprint density at radius 3 is 2.83 bits per heavy atom. The van der Waals surface area contributed by atoms with Crippen molar-refractivity contribution in [3.8, 4) is 0 Å². The number of nitrogen functional groups attached to an aromatic ring is 1. The summed E-state index contributed by atoms with van der Waals surface area (Å²) in [7, 11) is 0. The molecule has 1 aliphatic heterocycles. The normalized spacial score (nSPS) is 19.3. The zero-order chi connectivity index (χ0) is 13.3. The van der Waals surface area contributed by atoms with Crippen molar-refractivity contribution in [3.05, 3.63) is 22.9 Å². The maximum absolute atomic E-state index is 7.76. The summed E-state index contributed by atoms with van der Waals surface area (Å²) in [5, 5.41) is 7.76. The van der Waals surface area contributed by atoms with E-state index in [1.807, 2.05) is 19.9 Å². The molecule has 1 aliphatic rings. The van der Waals surface area contributed by atoms with Crippen molar-refractivity contribution < 1.29 is 0 Å². The number of aromatic nitrogens is 1. The SMILES string of the molecule is CCC1CCN(c2nc(C)cc(C)c2C(=N)N)C1. The second-order valence-corrected chi connectivity index (χ2v) is 5.20. The number of rotatable bonds is 3. The predicted octanol–water partition coefficient (Wildman–Crippen LogP) is 2.22. The van der Waals surface area contributed by atoms with Crippen molar-refractivity contribution in [1.29, 1.82) is 5.41 Å². The Hall–Kier alpha value is -1.58. The van der Waals surface area contributed by atoms with Crippen LogP contribution < -0.4 is 10.6 Å². The number of nitrogens with one attached hydrogen (secondary N) is 1. The highest BCUT2D eigenvalue weighted by atomic mass is 15.2. The van der Waals surface area contributed by atoms with Gasteiger partial charge in [0.25, 0.3) is 0 Å². The molecule has 0 saturated carbocycles. The maximum atomic E-state index is 7.76. The van der Waals surface area contributed by atoms with Crippen molar-refractivity contribution in [2.24, 2.45) is 11.7 Å². The summed E-state index contributed by atoms with van der Waals surface area (Å²) in [6.07, 6.45) is 2.42. The third kappa shape index (κ3) is 2.33. The minimum atomic E-state index is 0.120. The summed E-state index contributed by atoms with van der Waals surface area (Å²) in [5.41, 5.74) is 8.56. The molecule has 1 saturated heterocycles. The molecular formula is C14H22N4. The number of hydrogen-bond donors (Lipinski definition) is 2. The van der Waals surface area contributed by atoms with Crippen LogP contribution in [0.1, 0.15) is 36.6 Å². The third-order valence-corrected chi connectivity index (χ3v) is 3.76. The molecule has 0 bridgehead atoms. The van der Waals surface area contributed by atoms with Gasteiger partial charge in [0.05, 0.1) is 5.56 Å². The Morgan fingerprint density at radius 2 is 2.28 bits per heavy atom. The fourth-order valence-corrected chi connectivity index (χ4v) is 2.74. The molecule has 1 aromatic heterocycles. The third-order valence-electron chi connectivity index (χ3n) is 3.76. The van der Waals surface area contributed by atoms with Crippen LogP contribution in [0.15, 0.2) is 6.07 Å². The van der Waals surface area contributed by atoms with Crippen LogP contribution in [0, 0.1) is 25.2 Å². The number of aryl methyl sites for hydroxylation is 2. The average Bonchev–Trinajstić information content (AvgIpc) is 2.75. The summed E-state index contributed by atoms with van der Waals surface area (Å²) in [4.78, 5) is 6.89. The molecule has 0 amide bonds. The van der Waals surface area contributed by atoms with E-state index < -0.39 is 0 Å². The Balaban J connectivity index is 2.40. The molecule has 98 valence electrons. The second kappa shape index (κ2) is 4.96. The van der Waals surface area contributed by atoms with Gasteiger partial charge in [-0.3, -0.25) is 5.41 Å². The van der Waals surface area contributed by atoms with Gasteiger partial charge in [0.2, 0.25) is 0 Å². The second-order valence-electron chi connectivity index (χ2n) is 5.20. The van der Waals surface area contributed by atoms with E-state index in [1.54, 1.807) is 0 Å². The Bertz CT molecular complexity index is 467. The van der Waals surface area contributed by atoms with Gasteiger partial charge < -0.3 is 10.6 Å². The fourth-order valence-electron chi connectivity index (χ4n) is 2.74. The molecule has 1 fully saturated rings.